The van der Waals surface area contributed by atoms with Crippen LogP contribution in [0, 0.1) is 34.5 Å². The molecule has 9 heteroatoms. The van der Waals surface area contributed by atoms with Crippen LogP contribution in [0.4, 0.5) is 0 Å². The fourth-order valence-electron chi connectivity index (χ4n) is 5.41. The Morgan fingerprint density at radius 3 is 2.72 bits per heavy atom. The minimum atomic E-state index is -0.780. The number of piperidine rings is 1. The Hall–Kier alpha value is -2.63. The van der Waals surface area contributed by atoms with Gasteiger partial charge in [-0.05, 0) is 42.9 Å². The highest BCUT2D eigenvalue weighted by Gasteiger charge is 2.69. The van der Waals surface area contributed by atoms with Gasteiger partial charge in [-0.1, -0.05) is 13.8 Å². The molecule has 3 N–H and O–H groups in total. The van der Waals surface area contributed by atoms with Crippen LogP contribution in [0.1, 0.15) is 39.5 Å². The molecule has 156 valence electrons. The third kappa shape index (κ3) is 3.34. The van der Waals surface area contributed by atoms with Gasteiger partial charge in [0.2, 0.25) is 24.1 Å². The number of likely N-dealkylation sites (tertiary alicyclic amines) is 1. The lowest BCUT2D eigenvalue weighted by Crippen LogP contribution is -2.53. The van der Waals surface area contributed by atoms with E-state index in [0.29, 0.717) is 19.4 Å². The average Bonchev–Trinajstić information content (AvgIpc) is 3.39. The second-order valence-electron chi connectivity index (χ2n) is 9.54. The van der Waals surface area contributed by atoms with Crippen LogP contribution in [0.2, 0.25) is 0 Å². The molecule has 2 aliphatic heterocycles. The average molecular weight is 401 g/mol. The van der Waals surface area contributed by atoms with E-state index in [-0.39, 0.29) is 59.4 Å². The van der Waals surface area contributed by atoms with Crippen molar-refractivity contribution in [2.24, 2.45) is 23.2 Å². The molecule has 29 heavy (non-hydrogen) atoms. The summed E-state index contributed by atoms with van der Waals surface area (Å²) in [6.45, 7) is 4.47. The molecule has 2 aliphatic carbocycles. The van der Waals surface area contributed by atoms with Crippen LogP contribution in [-0.4, -0.2) is 59.7 Å². The van der Waals surface area contributed by atoms with Crippen LogP contribution in [0.15, 0.2) is 0 Å². The fraction of sp³-hybridized carbons (Fsp3) is 0.750. The molecule has 4 unspecified atom stereocenters. The summed E-state index contributed by atoms with van der Waals surface area (Å²) in [6.07, 6.45) is 3.40. The highest BCUT2D eigenvalue weighted by Crippen LogP contribution is 2.64. The molecule has 4 aliphatic rings. The number of nitrogens with zero attached hydrogens (tertiary/aromatic N) is 2. The normalized spacial score (nSPS) is 33.3. The second kappa shape index (κ2) is 6.71. The van der Waals surface area contributed by atoms with Crippen LogP contribution in [-0.2, 0) is 19.2 Å². The zero-order chi connectivity index (χ0) is 21.0. The van der Waals surface area contributed by atoms with Gasteiger partial charge in [-0.25, -0.2) is 0 Å². The van der Waals surface area contributed by atoms with E-state index in [1.807, 2.05) is 0 Å². The maximum Gasteiger partial charge on any atom is 0.244 e. The van der Waals surface area contributed by atoms with Crippen LogP contribution < -0.4 is 16.0 Å². The van der Waals surface area contributed by atoms with Crippen molar-refractivity contribution in [1.82, 2.24) is 20.9 Å². The zero-order valence-corrected chi connectivity index (χ0v) is 16.7. The van der Waals surface area contributed by atoms with Crippen molar-refractivity contribution in [2.45, 2.75) is 57.2 Å². The molecule has 0 aromatic rings. The van der Waals surface area contributed by atoms with Gasteiger partial charge in [0.05, 0.1) is 12.6 Å². The van der Waals surface area contributed by atoms with Gasteiger partial charge in [0.15, 0.2) is 0 Å². The molecule has 4 rings (SSSR count). The van der Waals surface area contributed by atoms with Crippen LogP contribution in [0.3, 0.4) is 0 Å². The van der Waals surface area contributed by atoms with Gasteiger partial charge in [-0.15, -0.1) is 0 Å². The van der Waals surface area contributed by atoms with Crippen molar-refractivity contribution in [3.05, 3.63) is 0 Å². The lowest BCUT2D eigenvalue weighted by molar-refractivity contribution is -0.140. The molecular formula is C20H27N5O4. The predicted molar refractivity (Wildman–Crippen MR) is 101 cm³/mol. The first kappa shape index (κ1) is 19.7. The van der Waals surface area contributed by atoms with E-state index < -0.39 is 12.1 Å². The van der Waals surface area contributed by atoms with Gasteiger partial charge in [-0.2, -0.15) is 5.26 Å². The van der Waals surface area contributed by atoms with Crippen molar-refractivity contribution in [1.29, 1.82) is 5.26 Å². The van der Waals surface area contributed by atoms with Crippen molar-refractivity contribution >= 4 is 24.1 Å². The largest absolute Gasteiger partial charge is 0.350 e. The van der Waals surface area contributed by atoms with Crippen LogP contribution in [0.5, 0.6) is 0 Å². The lowest BCUT2D eigenvalue weighted by atomic mass is 9.95. The summed E-state index contributed by atoms with van der Waals surface area (Å²) in [5, 5.41) is 17.7. The quantitative estimate of drug-likeness (QED) is 0.485. The van der Waals surface area contributed by atoms with E-state index in [1.54, 1.807) is 0 Å². The number of hydrogen-bond donors (Lipinski definition) is 3. The van der Waals surface area contributed by atoms with Crippen LogP contribution in [0.25, 0.3) is 0 Å². The van der Waals surface area contributed by atoms with E-state index in [4.69, 9.17) is 0 Å². The van der Waals surface area contributed by atoms with Gasteiger partial charge in [0.25, 0.3) is 0 Å². The summed E-state index contributed by atoms with van der Waals surface area (Å²) < 4.78 is 0. The minimum Gasteiger partial charge on any atom is -0.350 e. The number of nitrogens with one attached hydrogen (secondary N) is 3. The Morgan fingerprint density at radius 2 is 2.14 bits per heavy atom. The molecular weight excluding hydrogens is 374 g/mol. The van der Waals surface area contributed by atoms with Crippen molar-refractivity contribution < 1.29 is 19.2 Å². The first-order valence-electron chi connectivity index (χ1n) is 10.2. The Kier molecular flexibility index (Phi) is 4.56. The Bertz CT molecular complexity index is 799. The first-order chi connectivity index (χ1) is 13.7. The molecule has 5 atom stereocenters. The number of carbonyl (C=O) groups is 4. The SMILES string of the molecule is CC1(C)C2CN(C(=O)CNC=O)[C@H](C(=O)NC(C#N)CC3CC4(CC4)NC3=O)C21. The molecule has 0 aromatic heterocycles. The van der Waals surface area contributed by atoms with Gasteiger partial charge < -0.3 is 20.9 Å². The zero-order valence-electron chi connectivity index (χ0n) is 16.7. The lowest BCUT2D eigenvalue weighted by Gasteiger charge is -2.30. The van der Waals surface area contributed by atoms with Crippen molar-refractivity contribution in [3.8, 4) is 6.07 Å². The summed E-state index contributed by atoms with van der Waals surface area (Å²) in [6, 6.07) is 0.672. The van der Waals surface area contributed by atoms with Crippen molar-refractivity contribution in [2.75, 3.05) is 13.1 Å². The highest BCUT2D eigenvalue weighted by molar-refractivity contribution is 5.91. The van der Waals surface area contributed by atoms with Gasteiger partial charge in [0.1, 0.15) is 12.1 Å². The topological polar surface area (TPSA) is 131 Å². The summed E-state index contributed by atoms with van der Waals surface area (Å²) in [7, 11) is 0. The summed E-state index contributed by atoms with van der Waals surface area (Å²) in [5.74, 6) is -0.710. The number of hydrogen-bond acceptors (Lipinski definition) is 5. The molecule has 2 heterocycles. The summed E-state index contributed by atoms with van der Waals surface area (Å²) in [4.78, 5) is 49.8. The third-order valence-electron chi connectivity index (χ3n) is 7.38. The number of amides is 4. The smallest absolute Gasteiger partial charge is 0.244 e. The molecule has 0 radical (unpaired) electrons. The van der Waals surface area contributed by atoms with E-state index in [9.17, 15) is 24.4 Å². The summed E-state index contributed by atoms with van der Waals surface area (Å²) >= 11 is 0. The standard InChI is InChI=1S/C20H27N5O4/c1-19(2)13-9-25(14(27)8-22-10-26)16(15(13)19)18(29)23-12(7-21)5-11-6-20(3-4-20)24-17(11)28/h10-13,15-16H,3-6,8-9H2,1-2H3,(H,22,26)(H,23,29)(H,24,28)/t11?,12?,13?,15?,16-/m0/s1. The monoisotopic (exact) mass is 401 g/mol. The molecule has 0 aromatic carbocycles. The Balaban J connectivity index is 1.41. The van der Waals surface area contributed by atoms with Gasteiger partial charge >= 0.3 is 0 Å². The molecule has 9 nitrogen and oxygen atoms in total. The van der Waals surface area contributed by atoms with E-state index in [0.717, 1.165) is 12.8 Å². The van der Waals surface area contributed by atoms with E-state index in [2.05, 4.69) is 35.9 Å². The summed E-state index contributed by atoms with van der Waals surface area (Å²) in [5.41, 5.74) is -0.111. The molecule has 2 saturated carbocycles. The maximum atomic E-state index is 13.1. The first-order valence-corrected chi connectivity index (χ1v) is 10.2. The predicted octanol–water partition coefficient (Wildman–Crippen LogP) is -0.717. The van der Waals surface area contributed by atoms with Gasteiger partial charge in [-0.3, -0.25) is 19.2 Å². The van der Waals surface area contributed by atoms with E-state index in [1.165, 1.54) is 4.90 Å². The molecule has 1 spiro atoms. The number of rotatable bonds is 7. The highest BCUT2D eigenvalue weighted by atomic mass is 16.2. The van der Waals surface area contributed by atoms with E-state index >= 15 is 0 Å². The Morgan fingerprint density at radius 1 is 1.41 bits per heavy atom. The van der Waals surface area contributed by atoms with Crippen molar-refractivity contribution in [3.63, 3.8) is 0 Å². The third-order valence-corrected chi connectivity index (χ3v) is 7.38. The van der Waals surface area contributed by atoms with Gasteiger partial charge in [0, 0.05) is 18.0 Å². The minimum absolute atomic E-state index is 0.0338. The number of nitriles is 1. The maximum absolute atomic E-state index is 13.1. The molecule has 2 saturated heterocycles. The van der Waals surface area contributed by atoms with Crippen LogP contribution >= 0.6 is 0 Å². The molecule has 4 amide bonds. The second-order valence-corrected chi connectivity index (χ2v) is 9.54. The molecule has 0 bridgehead atoms. The number of carbonyl (C=O) groups excluding carboxylic acids is 4. The Labute approximate surface area is 169 Å². The molecule has 4 fully saturated rings. The number of fused-ring (bicyclic) bond motifs is 1. The fourth-order valence-corrected chi connectivity index (χ4v) is 5.41.